The normalized spacial score (nSPS) is 44.2. The van der Waals surface area contributed by atoms with Gasteiger partial charge in [-0.3, -0.25) is 19.5 Å². The molecule has 13 unspecified atom stereocenters. The number of epoxide rings is 1. The van der Waals surface area contributed by atoms with Gasteiger partial charge in [-0.05, 0) is 149 Å². The number of hydrogen-bond acceptors (Lipinski definition) is 8. The number of aliphatic imine (C=N–C) groups is 1. The first kappa shape index (κ1) is 44.1. The zero-order valence-corrected chi connectivity index (χ0v) is 39.8. The minimum atomic E-state index is -0.712. The highest BCUT2D eigenvalue weighted by Gasteiger charge is 2.77. The number of aliphatic hydroxyl groups is 2. The molecular formula is C54H76N3O6+. The monoisotopic (exact) mass is 863 g/mol. The lowest BCUT2D eigenvalue weighted by atomic mass is 9.31. The number of aryl methyl sites for hydroxylation is 1. The van der Waals surface area contributed by atoms with Crippen molar-refractivity contribution in [3.8, 4) is 0 Å². The fourth-order valence-electron chi connectivity index (χ4n) is 16.7. The van der Waals surface area contributed by atoms with Crippen molar-refractivity contribution in [2.75, 3.05) is 33.4 Å². The largest absolute Gasteiger partial charge is 0.392 e. The van der Waals surface area contributed by atoms with E-state index in [0.717, 1.165) is 82.4 Å². The highest BCUT2D eigenvalue weighted by atomic mass is 16.6. The van der Waals surface area contributed by atoms with Gasteiger partial charge >= 0.3 is 0 Å². The maximum atomic E-state index is 15.2. The van der Waals surface area contributed by atoms with Crippen LogP contribution < -0.4 is 10.2 Å². The predicted molar refractivity (Wildman–Crippen MR) is 245 cm³/mol. The number of hydrogen-bond donors (Lipinski definition) is 4. The van der Waals surface area contributed by atoms with Gasteiger partial charge in [-0.1, -0.05) is 58.4 Å². The molecule has 9 nitrogen and oxygen atoms in total. The number of nitrogens with one attached hydrogen (secondary N) is 2. The molecule has 63 heavy (non-hydrogen) atoms. The van der Waals surface area contributed by atoms with E-state index in [1.807, 2.05) is 27.1 Å². The topological polar surface area (TPSA) is 125 Å². The molecule has 2 saturated heterocycles. The Hall–Kier alpha value is -2.79. The Morgan fingerprint density at radius 2 is 1.73 bits per heavy atom. The summed E-state index contributed by atoms with van der Waals surface area (Å²) in [6, 6.07) is 7.15. The van der Waals surface area contributed by atoms with Crippen LogP contribution in [-0.4, -0.2) is 90.8 Å². The molecule has 4 N–H and O–H groups in total. The summed E-state index contributed by atoms with van der Waals surface area (Å²) < 4.78 is 11.7. The van der Waals surface area contributed by atoms with Crippen LogP contribution in [0.2, 0.25) is 0 Å². The van der Waals surface area contributed by atoms with Gasteiger partial charge in [-0.25, -0.2) is 0 Å². The van der Waals surface area contributed by atoms with Gasteiger partial charge in [0.05, 0.1) is 29.8 Å². The third kappa shape index (κ3) is 6.39. The summed E-state index contributed by atoms with van der Waals surface area (Å²) in [5.74, 6) is 1.14. The summed E-state index contributed by atoms with van der Waals surface area (Å²) in [5, 5.41) is 29.1. The van der Waals surface area contributed by atoms with Crippen LogP contribution in [0, 0.1) is 51.2 Å². The van der Waals surface area contributed by atoms with Gasteiger partial charge in [-0.2, -0.15) is 0 Å². The number of ether oxygens (including phenoxy) is 2. The molecule has 5 aliphatic carbocycles. The van der Waals surface area contributed by atoms with Crippen LogP contribution in [0.5, 0.6) is 0 Å². The van der Waals surface area contributed by atoms with Gasteiger partial charge in [0.15, 0.2) is 11.8 Å². The zero-order chi connectivity index (χ0) is 44.7. The highest BCUT2D eigenvalue weighted by molar-refractivity contribution is 6.07. The molecule has 3 saturated carbocycles. The Bertz CT molecular complexity index is 2220. The number of allylic oxidation sites excluding steroid dienone is 1. The molecule has 5 fully saturated rings. The molecule has 1 aromatic rings. The van der Waals surface area contributed by atoms with Gasteiger partial charge in [0.25, 0.3) is 0 Å². The molecule has 9 heteroatoms. The van der Waals surface area contributed by atoms with Crippen molar-refractivity contribution in [3.05, 3.63) is 70.1 Å². The van der Waals surface area contributed by atoms with Gasteiger partial charge in [0.1, 0.15) is 23.8 Å². The number of ketones is 2. The molecule has 4 heterocycles. The SMILES string of the molecule is CNCCC1(C)C(=O)CCC2(C)C1CCC1(C)C2C(O)C2(C[NH+]3C=C(Cc4cc(C)cc(C5CCOCC5)c4)C4=NC=CC43)CCC(C)(CC(O)C3OC3(C)C)C3=C2C1(C)CC3=O. The summed E-state index contributed by atoms with van der Waals surface area (Å²) in [6.07, 6.45) is 14.1. The number of nitrogens with zero attached hydrogens (tertiary/aromatic N) is 1. The Morgan fingerprint density at radius 3 is 2.44 bits per heavy atom. The minimum absolute atomic E-state index is 0.0401. The predicted octanol–water partition coefficient (Wildman–Crippen LogP) is 6.93. The molecule has 0 amide bonds. The third-order valence-corrected chi connectivity index (χ3v) is 20.0. The number of benzene rings is 1. The maximum Gasteiger partial charge on any atom is 0.160 e. The summed E-state index contributed by atoms with van der Waals surface area (Å²) in [5.41, 5.74) is 5.25. The fourth-order valence-corrected chi connectivity index (χ4v) is 16.7. The van der Waals surface area contributed by atoms with E-state index in [1.165, 1.54) is 32.7 Å². The number of aliphatic hydroxyl groups excluding tert-OH is 2. The molecule has 4 aliphatic heterocycles. The first-order valence-corrected chi connectivity index (χ1v) is 24.7. The van der Waals surface area contributed by atoms with Crippen LogP contribution in [-0.2, 0) is 25.5 Å². The van der Waals surface area contributed by atoms with Crippen molar-refractivity contribution in [1.29, 1.82) is 0 Å². The van der Waals surface area contributed by atoms with Crippen molar-refractivity contribution >= 4 is 17.3 Å². The zero-order valence-electron chi connectivity index (χ0n) is 39.8. The first-order chi connectivity index (χ1) is 29.7. The molecule has 0 bridgehead atoms. The van der Waals surface area contributed by atoms with Gasteiger partial charge in [0, 0.05) is 60.7 Å². The molecule has 342 valence electrons. The lowest BCUT2D eigenvalue weighted by Crippen LogP contribution is -3.12. The molecule has 0 spiro atoms. The van der Waals surface area contributed by atoms with Crippen LogP contribution in [0.15, 0.2) is 58.4 Å². The Morgan fingerprint density at radius 1 is 0.984 bits per heavy atom. The van der Waals surface area contributed by atoms with Crippen molar-refractivity contribution in [1.82, 2.24) is 5.32 Å². The maximum absolute atomic E-state index is 15.2. The van der Waals surface area contributed by atoms with Crippen LogP contribution >= 0.6 is 0 Å². The number of carbonyl (C=O) groups excluding carboxylic acids is 2. The van der Waals surface area contributed by atoms with Crippen molar-refractivity contribution in [2.24, 2.45) is 49.3 Å². The van der Waals surface area contributed by atoms with E-state index in [2.05, 4.69) is 77.3 Å². The number of carbonyl (C=O) groups is 2. The fraction of sp³-hybridized carbons (Fsp3) is 0.722. The second-order valence-corrected chi connectivity index (χ2v) is 24.0. The average molecular weight is 863 g/mol. The smallest absolute Gasteiger partial charge is 0.160 e. The van der Waals surface area contributed by atoms with Gasteiger partial charge in [0.2, 0.25) is 0 Å². The van der Waals surface area contributed by atoms with Gasteiger partial charge < -0.3 is 25.0 Å². The number of Topliss-reactive ketones (excluding diaryl/α,β-unsaturated/α-hetero) is 2. The van der Waals surface area contributed by atoms with Crippen molar-refractivity contribution in [2.45, 2.75) is 168 Å². The van der Waals surface area contributed by atoms with E-state index >= 15 is 4.79 Å². The summed E-state index contributed by atoms with van der Waals surface area (Å²) in [7, 11) is 1.97. The Balaban J connectivity index is 1.09. The van der Waals surface area contributed by atoms with Gasteiger partial charge in [-0.15, -0.1) is 0 Å². The van der Waals surface area contributed by atoms with E-state index in [-0.39, 0.29) is 46.2 Å². The first-order valence-electron chi connectivity index (χ1n) is 24.7. The molecule has 10 rings (SSSR count). The van der Waals surface area contributed by atoms with Crippen molar-refractivity contribution in [3.63, 3.8) is 0 Å². The van der Waals surface area contributed by atoms with Crippen LogP contribution in [0.1, 0.15) is 142 Å². The number of fused-ring (bicyclic) bond motifs is 5. The average Bonchev–Trinajstić information content (AvgIpc) is 3.52. The molecule has 0 radical (unpaired) electrons. The lowest BCUT2D eigenvalue weighted by molar-refractivity contribution is -0.860. The molecule has 1 aromatic carbocycles. The molecule has 0 aromatic heterocycles. The van der Waals surface area contributed by atoms with Crippen LogP contribution in [0.3, 0.4) is 0 Å². The van der Waals surface area contributed by atoms with E-state index in [9.17, 15) is 15.0 Å². The van der Waals surface area contributed by atoms with E-state index in [1.54, 1.807) is 0 Å². The lowest BCUT2D eigenvalue weighted by Gasteiger charge is -2.72. The molecule has 13 atom stereocenters. The third-order valence-electron chi connectivity index (χ3n) is 20.0. The van der Waals surface area contributed by atoms with E-state index in [4.69, 9.17) is 14.5 Å². The Kier molecular flexibility index (Phi) is 10.4. The van der Waals surface area contributed by atoms with Crippen LogP contribution in [0.4, 0.5) is 0 Å². The highest BCUT2D eigenvalue weighted by Crippen LogP contribution is 2.79. The van der Waals surface area contributed by atoms with Crippen LogP contribution in [0.25, 0.3) is 0 Å². The molecular weight excluding hydrogens is 787 g/mol. The minimum Gasteiger partial charge on any atom is -0.392 e. The quantitative estimate of drug-likeness (QED) is 0.178. The Labute approximate surface area is 376 Å². The number of rotatable bonds is 11. The summed E-state index contributed by atoms with van der Waals surface area (Å²) in [4.78, 5) is 35.7. The second kappa shape index (κ2) is 14.9. The van der Waals surface area contributed by atoms with Crippen molar-refractivity contribution < 1.29 is 34.2 Å². The number of quaternary nitrogens is 1. The van der Waals surface area contributed by atoms with E-state index in [0.29, 0.717) is 43.9 Å². The molecule has 9 aliphatic rings. The summed E-state index contributed by atoms with van der Waals surface area (Å²) in [6.45, 7) is 21.0. The summed E-state index contributed by atoms with van der Waals surface area (Å²) >= 11 is 0. The standard InChI is InChI=1S/C54H75N3O6/c1-32-24-33(26-35(25-32)34-13-22-62-23-14-34)27-36-30-57(37-12-20-56-43(36)37)31-54-18-17-49(4,28-39(59)47-48(2,3)63-47)42-38(58)29-53(8,44(42)54)52(7)16-10-40-50(5,19-21-55-9)41(60)11-15-51(40,6)45(52)46(54)61/h12,20,24-26,30,34,37,39-40,45-47,55,59,61H,10-11,13-19,21-23,27-29,31H2,1-9H3/p+1. The van der Waals surface area contributed by atoms with E-state index < -0.39 is 33.9 Å². The second-order valence-electron chi connectivity index (χ2n) is 24.0.